The molecule has 6 heteroatoms. The Kier molecular flexibility index (Phi) is 4.29. The first-order valence-electron chi connectivity index (χ1n) is 6.13. The summed E-state index contributed by atoms with van der Waals surface area (Å²) in [5, 5.41) is 7.32. The molecular formula is C14H16ClN3O2. The van der Waals surface area contributed by atoms with Crippen molar-refractivity contribution in [3.05, 3.63) is 46.2 Å². The predicted molar refractivity (Wildman–Crippen MR) is 77.1 cm³/mol. The molecule has 5 nitrogen and oxygen atoms in total. The SMILES string of the molecule is COc1ccccc1CNC(=O)c1c(Cl)c(C)nn1C. The van der Waals surface area contributed by atoms with Gasteiger partial charge in [0.1, 0.15) is 11.4 Å². The number of benzene rings is 1. The van der Waals surface area contributed by atoms with Gasteiger partial charge in [-0.3, -0.25) is 9.48 Å². The Hall–Kier alpha value is -2.01. The van der Waals surface area contributed by atoms with Gasteiger partial charge in [0.15, 0.2) is 0 Å². The van der Waals surface area contributed by atoms with E-state index in [-0.39, 0.29) is 5.91 Å². The van der Waals surface area contributed by atoms with E-state index < -0.39 is 0 Å². The van der Waals surface area contributed by atoms with E-state index in [9.17, 15) is 4.79 Å². The summed E-state index contributed by atoms with van der Waals surface area (Å²) in [6.45, 7) is 2.13. The maximum Gasteiger partial charge on any atom is 0.271 e. The Balaban J connectivity index is 2.13. The summed E-state index contributed by atoms with van der Waals surface area (Å²) in [6.07, 6.45) is 0. The molecule has 2 rings (SSSR count). The van der Waals surface area contributed by atoms with Crippen LogP contribution in [0.1, 0.15) is 21.7 Å². The fourth-order valence-electron chi connectivity index (χ4n) is 1.99. The normalized spacial score (nSPS) is 10.4. The minimum atomic E-state index is -0.260. The van der Waals surface area contributed by atoms with Gasteiger partial charge in [0.25, 0.3) is 5.91 Å². The highest BCUT2D eigenvalue weighted by atomic mass is 35.5. The second kappa shape index (κ2) is 5.96. The van der Waals surface area contributed by atoms with Crippen molar-refractivity contribution in [3.8, 4) is 5.75 Å². The number of methoxy groups -OCH3 is 1. The third kappa shape index (κ3) is 2.77. The van der Waals surface area contributed by atoms with E-state index in [1.54, 1.807) is 21.1 Å². The largest absolute Gasteiger partial charge is 0.496 e. The van der Waals surface area contributed by atoms with Crippen molar-refractivity contribution in [2.24, 2.45) is 7.05 Å². The molecule has 0 radical (unpaired) electrons. The van der Waals surface area contributed by atoms with Gasteiger partial charge in [0.05, 0.1) is 17.8 Å². The van der Waals surface area contributed by atoms with E-state index in [2.05, 4.69) is 10.4 Å². The van der Waals surface area contributed by atoms with Gasteiger partial charge < -0.3 is 10.1 Å². The number of nitrogens with one attached hydrogen (secondary N) is 1. The van der Waals surface area contributed by atoms with Gasteiger partial charge in [0.2, 0.25) is 0 Å². The number of para-hydroxylation sites is 1. The third-order valence-electron chi connectivity index (χ3n) is 3.00. The fourth-order valence-corrected chi connectivity index (χ4v) is 2.23. The first kappa shape index (κ1) is 14.4. The fraction of sp³-hybridized carbons (Fsp3) is 0.286. The number of aryl methyl sites for hydroxylation is 2. The number of nitrogens with zero attached hydrogens (tertiary/aromatic N) is 2. The number of aromatic nitrogens is 2. The Morgan fingerprint density at radius 2 is 2.15 bits per heavy atom. The molecule has 1 amide bonds. The zero-order valence-corrected chi connectivity index (χ0v) is 12.4. The zero-order chi connectivity index (χ0) is 14.7. The number of carbonyl (C=O) groups is 1. The van der Waals surface area contributed by atoms with Gasteiger partial charge in [-0.15, -0.1) is 0 Å². The van der Waals surface area contributed by atoms with Crippen LogP contribution >= 0.6 is 11.6 Å². The molecule has 0 aliphatic heterocycles. The monoisotopic (exact) mass is 293 g/mol. The molecule has 0 spiro atoms. The van der Waals surface area contributed by atoms with Crippen molar-refractivity contribution in [3.63, 3.8) is 0 Å². The molecule has 0 aliphatic carbocycles. The van der Waals surface area contributed by atoms with Gasteiger partial charge in [-0.1, -0.05) is 29.8 Å². The van der Waals surface area contributed by atoms with Crippen LogP contribution in [0.25, 0.3) is 0 Å². The van der Waals surface area contributed by atoms with Crippen molar-refractivity contribution in [2.75, 3.05) is 7.11 Å². The van der Waals surface area contributed by atoms with Crippen molar-refractivity contribution in [1.29, 1.82) is 0 Å². The molecule has 0 saturated heterocycles. The highest BCUT2D eigenvalue weighted by molar-refractivity contribution is 6.34. The minimum absolute atomic E-state index is 0.260. The molecule has 1 aromatic carbocycles. The van der Waals surface area contributed by atoms with E-state index in [1.807, 2.05) is 24.3 Å². The first-order valence-corrected chi connectivity index (χ1v) is 6.51. The Labute approximate surface area is 122 Å². The lowest BCUT2D eigenvalue weighted by Gasteiger charge is -2.09. The molecule has 20 heavy (non-hydrogen) atoms. The van der Waals surface area contributed by atoms with Crippen molar-refractivity contribution in [2.45, 2.75) is 13.5 Å². The standard InChI is InChI=1S/C14H16ClN3O2/c1-9-12(15)13(18(2)17-9)14(19)16-8-10-6-4-5-7-11(10)20-3/h4-7H,8H2,1-3H3,(H,16,19). The number of halogens is 1. The number of hydrogen-bond donors (Lipinski definition) is 1. The lowest BCUT2D eigenvalue weighted by Crippen LogP contribution is -2.25. The number of carbonyl (C=O) groups excluding carboxylic acids is 1. The Morgan fingerprint density at radius 1 is 1.45 bits per heavy atom. The second-order valence-corrected chi connectivity index (χ2v) is 4.74. The van der Waals surface area contributed by atoms with Crippen LogP contribution in [0.5, 0.6) is 5.75 Å². The molecule has 2 aromatic rings. The summed E-state index contributed by atoms with van der Waals surface area (Å²) in [4.78, 5) is 12.2. The van der Waals surface area contributed by atoms with E-state index >= 15 is 0 Å². The molecule has 1 heterocycles. The highest BCUT2D eigenvalue weighted by Crippen LogP contribution is 2.20. The van der Waals surface area contributed by atoms with Crippen LogP contribution in [0.15, 0.2) is 24.3 Å². The van der Waals surface area contributed by atoms with Gasteiger partial charge in [-0.05, 0) is 13.0 Å². The lowest BCUT2D eigenvalue weighted by molar-refractivity contribution is 0.0941. The average molecular weight is 294 g/mol. The van der Waals surface area contributed by atoms with Crippen molar-refractivity contribution < 1.29 is 9.53 Å². The minimum Gasteiger partial charge on any atom is -0.496 e. The second-order valence-electron chi connectivity index (χ2n) is 4.37. The molecule has 1 N–H and O–H groups in total. The highest BCUT2D eigenvalue weighted by Gasteiger charge is 2.18. The van der Waals surface area contributed by atoms with Gasteiger partial charge in [0, 0.05) is 19.2 Å². The Bertz CT molecular complexity index is 637. The molecule has 1 aromatic heterocycles. The van der Waals surface area contributed by atoms with Crippen LogP contribution in [0.2, 0.25) is 5.02 Å². The van der Waals surface area contributed by atoms with Crippen LogP contribution in [0.4, 0.5) is 0 Å². The molecule has 0 unspecified atom stereocenters. The van der Waals surface area contributed by atoms with Crippen LogP contribution in [-0.2, 0) is 13.6 Å². The average Bonchev–Trinajstić information content (AvgIpc) is 2.70. The molecule has 106 valence electrons. The van der Waals surface area contributed by atoms with Crippen LogP contribution in [0.3, 0.4) is 0 Å². The summed E-state index contributed by atoms with van der Waals surface area (Å²) in [7, 11) is 3.29. The first-order chi connectivity index (χ1) is 9.54. The van der Waals surface area contributed by atoms with E-state index in [4.69, 9.17) is 16.3 Å². The smallest absolute Gasteiger partial charge is 0.271 e. The quantitative estimate of drug-likeness (QED) is 0.941. The summed E-state index contributed by atoms with van der Waals surface area (Å²) in [6, 6.07) is 7.52. The van der Waals surface area contributed by atoms with Crippen molar-refractivity contribution in [1.82, 2.24) is 15.1 Å². The molecular weight excluding hydrogens is 278 g/mol. The zero-order valence-electron chi connectivity index (χ0n) is 11.6. The molecule has 0 fully saturated rings. The van der Waals surface area contributed by atoms with Crippen LogP contribution in [-0.4, -0.2) is 22.8 Å². The number of rotatable bonds is 4. The molecule has 0 atom stereocenters. The number of amides is 1. The Morgan fingerprint density at radius 3 is 2.75 bits per heavy atom. The van der Waals surface area contributed by atoms with Crippen LogP contribution in [0, 0.1) is 6.92 Å². The number of hydrogen-bond acceptors (Lipinski definition) is 3. The summed E-state index contributed by atoms with van der Waals surface area (Å²) >= 11 is 6.08. The topological polar surface area (TPSA) is 56.1 Å². The molecule has 0 aliphatic rings. The summed E-state index contributed by atoms with van der Waals surface area (Å²) < 4.78 is 6.72. The van der Waals surface area contributed by atoms with E-state index in [0.29, 0.717) is 23.0 Å². The molecule has 0 saturated carbocycles. The van der Waals surface area contributed by atoms with Gasteiger partial charge in [-0.2, -0.15) is 5.10 Å². The van der Waals surface area contributed by atoms with Gasteiger partial charge >= 0.3 is 0 Å². The molecule has 0 bridgehead atoms. The summed E-state index contributed by atoms with van der Waals surface area (Å²) in [5.74, 6) is 0.476. The summed E-state index contributed by atoms with van der Waals surface area (Å²) in [5.41, 5.74) is 1.90. The maximum absolute atomic E-state index is 12.2. The predicted octanol–water partition coefficient (Wildman–Crippen LogP) is 2.32. The van der Waals surface area contributed by atoms with Crippen LogP contribution < -0.4 is 10.1 Å². The number of ether oxygens (including phenoxy) is 1. The van der Waals surface area contributed by atoms with E-state index in [1.165, 1.54) is 4.68 Å². The third-order valence-corrected chi connectivity index (χ3v) is 3.45. The van der Waals surface area contributed by atoms with E-state index in [0.717, 1.165) is 11.3 Å². The van der Waals surface area contributed by atoms with Gasteiger partial charge in [-0.25, -0.2) is 0 Å². The lowest BCUT2D eigenvalue weighted by atomic mass is 10.2. The maximum atomic E-state index is 12.2. The van der Waals surface area contributed by atoms with Crippen molar-refractivity contribution >= 4 is 17.5 Å².